The summed E-state index contributed by atoms with van der Waals surface area (Å²) in [6, 6.07) is 15.0. The SMILES string of the molecule is CC(C)(C(=O)NCc1ccnc(Oc2ccc(F)cc2)c1)c1ccc(F)cc1. The van der Waals surface area contributed by atoms with Gasteiger partial charge in [-0.1, -0.05) is 12.1 Å². The van der Waals surface area contributed by atoms with E-state index in [0.717, 1.165) is 11.1 Å². The zero-order valence-electron chi connectivity index (χ0n) is 15.6. The van der Waals surface area contributed by atoms with Crippen LogP contribution in [-0.2, 0) is 16.8 Å². The highest BCUT2D eigenvalue weighted by molar-refractivity contribution is 5.87. The topological polar surface area (TPSA) is 51.2 Å². The first-order valence-electron chi connectivity index (χ1n) is 8.77. The van der Waals surface area contributed by atoms with Gasteiger partial charge in [0.05, 0.1) is 5.41 Å². The van der Waals surface area contributed by atoms with Crippen molar-refractivity contribution in [3.63, 3.8) is 0 Å². The number of nitrogens with zero attached hydrogens (tertiary/aromatic N) is 1. The monoisotopic (exact) mass is 382 g/mol. The van der Waals surface area contributed by atoms with Crippen molar-refractivity contribution in [2.45, 2.75) is 25.8 Å². The van der Waals surface area contributed by atoms with Crippen molar-refractivity contribution in [2.24, 2.45) is 0 Å². The molecule has 0 atom stereocenters. The lowest BCUT2D eigenvalue weighted by Crippen LogP contribution is -2.39. The highest BCUT2D eigenvalue weighted by atomic mass is 19.1. The normalized spacial score (nSPS) is 11.1. The van der Waals surface area contributed by atoms with Gasteiger partial charge in [-0.3, -0.25) is 4.79 Å². The van der Waals surface area contributed by atoms with Crippen LogP contribution in [0, 0.1) is 11.6 Å². The molecule has 6 heteroatoms. The molecule has 3 aromatic rings. The van der Waals surface area contributed by atoms with E-state index in [0.29, 0.717) is 11.6 Å². The first kappa shape index (κ1) is 19.5. The fraction of sp³-hybridized carbons (Fsp3) is 0.182. The van der Waals surface area contributed by atoms with Crippen LogP contribution in [0.4, 0.5) is 8.78 Å². The molecule has 0 aliphatic rings. The number of pyridine rings is 1. The van der Waals surface area contributed by atoms with E-state index in [1.807, 2.05) is 0 Å². The molecular weight excluding hydrogens is 362 g/mol. The van der Waals surface area contributed by atoms with Crippen molar-refractivity contribution in [1.29, 1.82) is 0 Å². The molecule has 1 aromatic heterocycles. The number of benzene rings is 2. The van der Waals surface area contributed by atoms with Crippen molar-refractivity contribution in [3.8, 4) is 11.6 Å². The van der Waals surface area contributed by atoms with Crippen LogP contribution in [0.25, 0.3) is 0 Å². The molecular formula is C22H20F2N2O2. The lowest BCUT2D eigenvalue weighted by atomic mass is 9.83. The maximum atomic E-state index is 13.1. The van der Waals surface area contributed by atoms with Gasteiger partial charge in [0, 0.05) is 18.8 Å². The Morgan fingerprint density at radius 2 is 1.61 bits per heavy atom. The van der Waals surface area contributed by atoms with E-state index < -0.39 is 5.41 Å². The summed E-state index contributed by atoms with van der Waals surface area (Å²) in [6.07, 6.45) is 1.57. The van der Waals surface area contributed by atoms with Gasteiger partial charge in [-0.15, -0.1) is 0 Å². The highest BCUT2D eigenvalue weighted by Gasteiger charge is 2.29. The Bertz CT molecular complexity index is 955. The number of rotatable bonds is 6. The van der Waals surface area contributed by atoms with E-state index in [1.54, 1.807) is 44.3 Å². The van der Waals surface area contributed by atoms with Crippen LogP contribution in [0.2, 0.25) is 0 Å². The minimum atomic E-state index is -0.811. The molecule has 1 amide bonds. The molecule has 0 fully saturated rings. The van der Waals surface area contributed by atoms with Crippen LogP contribution in [0.3, 0.4) is 0 Å². The van der Waals surface area contributed by atoms with E-state index in [2.05, 4.69) is 10.3 Å². The fourth-order valence-corrected chi connectivity index (χ4v) is 2.64. The standard InChI is InChI=1S/C22H20F2N2O2/c1-22(2,16-3-5-17(23)6-4-16)21(27)26-14-15-11-12-25-20(13-15)28-19-9-7-18(24)8-10-19/h3-13H,14H2,1-2H3,(H,26,27). The molecule has 0 spiro atoms. The molecule has 2 aromatic carbocycles. The molecule has 0 bridgehead atoms. The average molecular weight is 382 g/mol. The number of aromatic nitrogens is 1. The van der Waals surface area contributed by atoms with Crippen LogP contribution < -0.4 is 10.1 Å². The highest BCUT2D eigenvalue weighted by Crippen LogP contribution is 2.24. The molecule has 1 N–H and O–H groups in total. The van der Waals surface area contributed by atoms with Crippen molar-refractivity contribution in [3.05, 3.63) is 89.6 Å². The lowest BCUT2D eigenvalue weighted by Gasteiger charge is -2.24. The quantitative estimate of drug-likeness (QED) is 0.670. The summed E-state index contributed by atoms with van der Waals surface area (Å²) in [5.41, 5.74) is 0.714. The van der Waals surface area contributed by atoms with Gasteiger partial charge in [0.25, 0.3) is 0 Å². The van der Waals surface area contributed by atoms with E-state index in [-0.39, 0.29) is 24.1 Å². The number of carbonyl (C=O) groups is 1. The summed E-state index contributed by atoms with van der Waals surface area (Å²) in [5.74, 6) is -0.0634. The molecule has 144 valence electrons. The van der Waals surface area contributed by atoms with Crippen LogP contribution in [0.1, 0.15) is 25.0 Å². The molecule has 0 aliphatic heterocycles. The Balaban J connectivity index is 1.64. The number of carbonyl (C=O) groups excluding carboxylic acids is 1. The smallest absolute Gasteiger partial charge is 0.230 e. The van der Waals surface area contributed by atoms with Gasteiger partial charge in [0.15, 0.2) is 0 Å². The summed E-state index contributed by atoms with van der Waals surface area (Å²) in [6.45, 7) is 3.85. The van der Waals surface area contributed by atoms with Crippen LogP contribution in [0.15, 0.2) is 66.9 Å². The Labute approximate surface area is 162 Å². The van der Waals surface area contributed by atoms with Crippen LogP contribution in [0.5, 0.6) is 11.6 Å². The fourth-order valence-electron chi connectivity index (χ4n) is 2.64. The second-order valence-corrected chi connectivity index (χ2v) is 6.87. The predicted molar refractivity (Wildman–Crippen MR) is 102 cm³/mol. The third kappa shape index (κ3) is 4.71. The van der Waals surface area contributed by atoms with E-state index in [9.17, 15) is 13.6 Å². The zero-order valence-corrected chi connectivity index (χ0v) is 15.6. The summed E-state index contributed by atoms with van der Waals surface area (Å²) in [5, 5.41) is 2.89. The summed E-state index contributed by atoms with van der Waals surface area (Å²) in [7, 11) is 0. The lowest BCUT2D eigenvalue weighted by molar-refractivity contribution is -0.125. The van der Waals surface area contributed by atoms with Crippen LogP contribution in [-0.4, -0.2) is 10.9 Å². The van der Waals surface area contributed by atoms with Crippen molar-refractivity contribution in [1.82, 2.24) is 10.3 Å². The second kappa shape index (κ2) is 8.17. The minimum absolute atomic E-state index is 0.183. The molecule has 0 saturated carbocycles. The number of ether oxygens (including phenoxy) is 1. The molecule has 0 radical (unpaired) electrons. The third-order valence-electron chi connectivity index (χ3n) is 4.42. The Kier molecular flexibility index (Phi) is 5.68. The Hall–Kier alpha value is -3.28. The van der Waals surface area contributed by atoms with E-state index in [1.165, 1.54) is 36.4 Å². The first-order chi connectivity index (χ1) is 13.3. The van der Waals surface area contributed by atoms with E-state index >= 15 is 0 Å². The first-order valence-corrected chi connectivity index (χ1v) is 8.77. The Morgan fingerprint density at radius 1 is 1.00 bits per heavy atom. The van der Waals surface area contributed by atoms with Crippen molar-refractivity contribution in [2.75, 3.05) is 0 Å². The van der Waals surface area contributed by atoms with Gasteiger partial charge in [0.1, 0.15) is 17.4 Å². The summed E-state index contributed by atoms with van der Waals surface area (Å²) >= 11 is 0. The van der Waals surface area contributed by atoms with Gasteiger partial charge in [-0.25, -0.2) is 13.8 Å². The number of hydrogen-bond donors (Lipinski definition) is 1. The molecule has 4 nitrogen and oxygen atoms in total. The minimum Gasteiger partial charge on any atom is -0.439 e. The molecule has 3 rings (SSSR count). The maximum Gasteiger partial charge on any atom is 0.230 e. The van der Waals surface area contributed by atoms with Gasteiger partial charge >= 0.3 is 0 Å². The summed E-state index contributed by atoms with van der Waals surface area (Å²) < 4.78 is 31.7. The Morgan fingerprint density at radius 3 is 2.25 bits per heavy atom. The predicted octanol–water partition coefficient (Wildman–Crippen LogP) is 4.75. The average Bonchev–Trinajstić information content (AvgIpc) is 2.68. The van der Waals surface area contributed by atoms with Gasteiger partial charge in [-0.2, -0.15) is 0 Å². The number of hydrogen-bond acceptors (Lipinski definition) is 3. The van der Waals surface area contributed by atoms with Gasteiger partial charge < -0.3 is 10.1 Å². The van der Waals surface area contributed by atoms with Gasteiger partial charge in [-0.05, 0) is 67.4 Å². The molecule has 0 aliphatic carbocycles. The molecule has 0 unspecified atom stereocenters. The maximum absolute atomic E-state index is 13.1. The zero-order chi connectivity index (χ0) is 20.1. The summed E-state index contributed by atoms with van der Waals surface area (Å²) in [4.78, 5) is 16.8. The molecule has 28 heavy (non-hydrogen) atoms. The number of nitrogens with one attached hydrogen (secondary N) is 1. The number of halogens is 2. The van der Waals surface area contributed by atoms with Crippen molar-refractivity contribution < 1.29 is 18.3 Å². The largest absolute Gasteiger partial charge is 0.439 e. The number of amides is 1. The molecule has 1 heterocycles. The molecule has 0 saturated heterocycles. The van der Waals surface area contributed by atoms with E-state index in [4.69, 9.17) is 4.74 Å². The van der Waals surface area contributed by atoms with Gasteiger partial charge in [0.2, 0.25) is 11.8 Å². The van der Waals surface area contributed by atoms with Crippen molar-refractivity contribution >= 4 is 5.91 Å². The second-order valence-electron chi connectivity index (χ2n) is 6.87. The van der Waals surface area contributed by atoms with Crippen LogP contribution >= 0.6 is 0 Å². The third-order valence-corrected chi connectivity index (χ3v) is 4.42.